The van der Waals surface area contributed by atoms with E-state index in [-0.39, 0.29) is 5.97 Å². The van der Waals surface area contributed by atoms with Gasteiger partial charge >= 0.3 is 5.97 Å². The van der Waals surface area contributed by atoms with Gasteiger partial charge in [0.25, 0.3) is 0 Å². The van der Waals surface area contributed by atoms with Crippen molar-refractivity contribution in [3.8, 4) is 22.6 Å². The second-order valence-electron chi connectivity index (χ2n) is 11.5. The van der Waals surface area contributed by atoms with Gasteiger partial charge in [-0.2, -0.15) is 0 Å². The van der Waals surface area contributed by atoms with Gasteiger partial charge in [-0.3, -0.25) is 0 Å². The zero-order valence-corrected chi connectivity index (χ0v) is 25.8. The normalized spacial score (nSPS) is 11.8. The van der Waals surface area contributed by atoms with E-state index < -0.39 is 0 Å². The molecule has 0 aliphatic heterocycles. The summed E-state index contributed by atoms with van der Waals surface area (Å²) in [4.78, 5) is 12.7. The molecule has 222 valence electrons. The van der Waals surface area contributed by atoms with Crippen molar-refractivity contribution >= 4 is 5.97 Å². The van der Waals surface area contributed by atoms with Crippen LogP contribution in [0.25, 0.3) is 11.1 Å². The van der Waals surface area contributed by atoms with Crippen molar-refractivity contribution in [1.29, 1.82) is 0 Å². The summed E-state index contributed by atoms with van der Waals surface area (Å²) in [6.07, 6.45) is 18.1. The van der Waals surface area contributed by atoms with Crippen molar-refractivity contribution in [2.75, 3.05) is 6.61 Å². The highest BCUT2D eigenvalue weighted by atomic mass is 16.5. The molecule has 3 heteroatoms. The van der Waals surface area contributed by atoms with E-state index in [9.17, 15) is 4.79 Å². The van der Waals surface area contributed by atoms with E-state index in [0.29, 0.717) is 17.2 Å². The van der Waals surface area contributed by atoms with Gasteiger partial charge in [0, 0.05) is 0 Å². The minimum absolute atomic E-state index is 0.323. The maximum atomic E-state index is 12.7. The van der Waals surface area contributed by atoms with Gasteiger partial charge in [0.2, 0.25) is 0 Å². The van der Waals surface area contributed by atoms with Crippen molar-refractivity contribution in [2.45, 2.75) is 117 Å². The predicted octanol–water partition coefficient (Wildman–Crippen LogP) is 11.6. The maximum absolute atomic E-state index is 12.7. The number of benzene rings is 3. The Labute approximate surface area is 249 Å². The molecule has 1 atom stereocenters. The molecule has 41 heavy (non-hydrogen) atoms. The van der Waals surface area contributed by atoms with Crippen molar-refractivity contribution < 1.29 is 14.3 Å². The van der Waals surface area contributed by atoms with E-state index in [0.717, 1.165) is 29.9 Å². The van der Waals surface area contributed by atoms with Crippen LogP contribution in [0.2, 0.25) is 0 Å². The molecule has 3 rings (SSSR count). The Morgan fingerprint density at radius 1 is 0.585 bits per heavy atom. The van der Waals surface area contributed by atoms with Gasteiger partial charge in [0.1, 0.15) is 11.5 Å². The summed E-state index contributed by atoms with van der Waals surface area (Å²) < 4.78 is 11.6. The smallest absolute Gasteiger partial charge is 0.343 e. The molecule has 3 aromatic carbocycles. The minimum atomic E-state index is -0.323. The van der Waals surface area contributed by atoms with E-state index in [1.807, 2.05) is 48.5 Å². The highest BCUT2D eigenvalue weighted by molar-refractivity contribution is 5.91. The molecule has 0 saturated heterocycles. The highest BCUT2D eigenvalue weighted by Gasteiger charge is 2.11. The Balaban J connectivity index is 1.40. The summed E-state index contributed by atoms with van der Waals surface area (Å²) in [6, 6.07) is 23.8. The SMILES string of the molecule is CCCCCCCCC[C@@H](C)c1ccc(C(=O)Oc2ccc(-c3ccc(OCCCCCCCC)cc3)cc2)cc1. The van der Waals surface area contributed by atoms with Crippen LogP contribution in [0.3, 0.4) is 0 Å². The fourth-order valence-corrected chi connectivity index (χ4v) is 5.22. The minimum Gasteiger partial charge on any atom is -0.494 e. The molecule has 0 aromatic heterocycles. The third-order valence-electron chi connectivity index (χ3n) is 7.98. The van der Waals surface area contributed by atoms with Crippen LogP contribution < -0.4 is 9.47 Å². The van der Waals surface area contributed by atoms with E-state index in [4.69, 9.17) is 9.47 Å². The molecule has 0 heterocycles. The number of esters is 1. The first-order chi connectivity index (χ1) is 20.1. The third kappa shape index (κ3) is 12.1. The van der Waals surface area contributed by atoms with Crippen LogP contribution in [0.1, 0.15) is 133 Å². The summed E-state index contributed by atoms with van der Waals surface area (Å²) in [5.74, 6) is 1.64. The first-order valence-corrected chi connectivity index (χ1v) is 16.3. The molecule has 0 spiro atoms. The molecule has 0 N–H and O–H groups in total. The second-order valence-corrected chi connectivity index (χ2v) is 11.5. The van der Waals surface area contributed by atoms with Gasteiger partial charge in [-0.1, -0.05) is 134 Å². The lowest BCUT2D eigenvalue weighted by Gasteiger charge is -2.12. The van der Waals surface area contributed by atoms with Gasteiger partial charge in [0.15, 0.2) is 0 Å². The Morgan fingerprint density at radius 3 is 1.63 bits per heavy atom. The zero-order chi connectivity index (χ0) is 29.1. The van der Waals surface area contributed by atoms with Crippen molar-refractivity contribution in [3.05, 3.63) is 83.9 Å². The summed E-state index contributed by atoms with van der Waals surface area (Å²) in [7, 11) is 0. The first-order valence-electron chi connectivity index (χ1n) is 16.3. The Hall–Kier alpha value is -3.07. The number of carbonyl (C=O) groups excluding carboxylic acids is 1. The average molecular weight is 557 g/mol. The van der Waals surface area contributed by atoms with E-state index in [1.54, 1.807) is 0 Å². The van der Waals surface area contributed by atoms with Crippen LogP contribution in [0.4, 0.5) is 0 Å². The van der Waals surface area contributed by atoms with Gasteiger partial charge in [0.05, 0.1) is 12.2 Å². The lowest BCUT2D eigenvalue weighted by atomic mass is 9.94. The average Bonchev–Trinajstić information content (AvgIpc) is 3.01. The molecule has 0 radical (unpaired) electrons. The van der Waals surface area contributed by atoms with Crippen molar-refractivity contribution in [2.24, 2.45) is 0 Å². The van der Waals surface area contributed by atoms with Crippen LogP contribution in [0.5, 0.6) is 11.5 Å². The topological polar surface area (TPSA) is 35.5 Å². The molecule has 3 aromatic rings. The molecule has 3 nitrogen and oxygen atoms in total. The van der Waals surface area contributed by atoms with Crippen molar-refractivity contribution in [3.63, 3.8) is 0 Å². The standard InChI is InChI=1S/C38H52O3/c1-4-6-8-10-12-13-15-17-31(3)32-18-20-35(21-19-32)38(39)41-37-28-24-34(25-29-37)33-22-26-36(27-23-33)40-30-16-14-11-9-7-5-2/h18-29,31H,4-17,30H2,1-3H3/t31-/m1/s1. The van der Waals surface area contributed by atoms with Crippen molar-refractivity contribution in [1.82, 2.24) is 0 Å². The predicted molar refractivity (Wildman–Crippen MR) is 173 cm³/mol. The van der Waals surface area contributed by atoms with Crippen LogP contribution >= 0.6 is 0 Å². The van der Waals surface area contributed by atoms with Crippen LogP contribution in [-0.4, -0.2) is 12.6 Å². The summed E-state index contributed by atoms with van der Waals surface area (Å²) >= 11 is 0. The van der Waals surface area contributed by atoms with Crippen LogP contribution in [0.15, 0.2) is 72.8 Å². The third-order valence-corrected chi connectivity index (χ3v) is 7.98. The molecule has 0 aliphatic carbocycles. The lowest BCUT2D eigenvalue weighted by molar-refractivity contribution is 0.0734. The number of hydrogen-bond acceptors (Lipinski definition) is 3. The molecule has 0 saturated carbocycles. The molecule has 0 fully saturated rings. The Kier molecular flexibility index (Phi) is 15.1. The monoisotopic (exact) mass is 556 g/mol. The number of carbonyl (C=O) groups is 1. The molecular weight excluding hydrogens is 504 g/mol. The number of ether oxygens (including phenoxy) is 2. The summed E-state index contributed by atoms with van der Waals surface area (Å²) in [5, 5.41) is 0. The van der Waals surface area contributed by atoms with E-state index in [2.05, 4.69) is 45.0 Å². The fourth-order valence-electron chi connectivity index (χ4n) is 5.22. The summed E-state index contributed by atoms with van der Waals surface area (Å²) in [5.41, 5.74) is 4.05. The van der Waals surface area contributed by atoms with Crippen LogP contribution in [0, 0.1) is 0 Å². The largest absolute Gasteiger partial charge is 0.494 e. The number of unbranched alkanes of at least 4 members (excludes halogenated alkanes) is 11. The zero-order valence-electron chi connectivity index (χ0n) is 25.8. The molecule has 0 unspecified atom stereocenters. The molecule has 0 bridgehead atoms. The van der Waals surface area contributed by atoms with E-state index in [1.165, 1.54) is 89.0 Å². The van der Waals surface area contributed by atoms with Gasteiger partial charge in [-0.15, -0.1) is 0 Å². The van der Waals surface area contributed by atoms with Gasteiger partial charge < -0.3 is 9.47 Å². The molecule has 0 amide bonds. The second kappa shape index (κ2) is 19.1. The van der Waals surface area contributed by atoms with Crippen LogP contribution in [-0.2, 0) is 0 Å². The quantitative estimate of drug-likeness (QED) is 0.0788. The molecule has 0 aliphatic rings. The highest BCUT2D eigenvalue weighted by Crippen LogP contribution is 2.26. The number of hydrogen-bond donors (Lipinski definition) is 0. The Bertz CT molecular complexity index is 1100. The first kappa shape index (κ1) is 32.4. The fraction of sp³-hybridized carbons (Fsp3) is 0.500. The maximum Gasteiger partial charge on any atom is 0.343 e. The molecular formula is C38H52O3. The Morgan fingerprint density at radius 2 is 1.07 bits per heavy atom. The summed E-state index contributed by atoms with van der Waals surface area (Å²) in [6.45, 7) is 7.56. The van der Waals surface area contributed by atoms with E-state index >= 15 is 0 Å². The van der Waals surface area contributed by atoms with Gasteiger partial charge in [-0.25, -0.2) is 4.79 Å². The number of rotatable bonds is 20. The van der Waals surface area contributed by atoms with Gasteiger partial charge in [-0.05, 0) is 71.8 Å². The lowest BCUT2D eigenvalue weighted by Crippen LogP contribution is -2.08.